The van der Waals surface area contributed by atoms with E-state index in [1.807, 2.05) is 13.1 Å². The number of thiophene rings is 1. The van der Waals surface area contributed by atoms with Crippen molar-refractivity contribution in [2.75, 3.05) is 46.8 Å². The van der Waals surface area contributed by atoms with Crippen LogP contribution in [0.2, 0.25) is 0 Å². The number of piperazine rings is 1. The molecule has 1 aromatic heterocycles. The Bertz CT molecular complexity index is 558. The van der Waals surface area contributed by atoms with Crippen LogP contribution in [0.3, 0.4) is 0 Å². The maximum Gasteiger partial charge on any atom is 0.250 e. The van der Waals surface area contributed by atoms with E-state index >= 15 is 0 Å². The molecule has 1 aliphatic heterocycles. The minimum Gasteiger partial charge on any atom is -0.330 e. The molecule has 1 aromatic rings. The molecule has 0 aromatic carbocycles. The molecule has 1 saturated heterocycles. The Balaban J connectivity index is 1.96. The minimum absolute atomic E-state index is 0.210. The lowest BCUT2D eigenvalue weighted by Crippen LogP contribution is -2.54. The van der Waals surface area contributed by atoms with Crippen LogP contribution in [0, 0.1) is 0 Å². The van der Waals surface area contributed by atoms with Crippen LogP contribution in [-0.2, 0) is 16.4 Å². The molecule has 0 radical (unpaired) electrons. The first kappa shape index (κ1) is 16.9. The van der Waals surface area contributed by atoms with Gasteiger partial charge in [-0.3, -0.25) is 4.90 Å². The van der Waals surface area contributed by atoms with Gasteiger partial charge < -0.3 is 10.6 Å². The summed E-state index contributed by atoms with van der Waals surface area (Å²) in [6.07, 6.45) is 0.719. The van der Waals surface area contributed by atoms with Crippen molar-refractivity contribution in [2.45, 2.75) is 16.7 Å². The first-order valence-electron chi connectivity index (χ1n) is 7.09. The molecule has 8 heteroatoms. The van der Waals surface area contributed by atoms with Gasteiger partial charge in [0.2, 0.25) is 10.0 Å². The summed E-state index contributed by atoms with van der Waals surface area (Å²) in [4.78, 5) is 5.44. The lowest BCUT2D eigenvalue weighted by molar-refractivity contribution is 0.117. The number of sulfonamides is 1. The summed E-state index contributed by atoms with van der Waals surface area (Å²) in [7, 11) is 0.685. The predicted octanol–water partition coefficient (Wildman–Crippen LogP) is -0.227. The van der Waals surface area contributed by atoms with E-state index in [0.29, 0.717) is 17.3 Å². The number of rotatable bonds is 6. The van der Waals surface area contributed by atoms with Gasteiger partial charge in [0.1, 0.15) is 4.21 Å². The molecule has 0 aliphatic carbocycles. The van der Waals surface area contributed by atoms with Crippen LogP contribution in [0.1, 0.15) is 4.88 Å². The van der Waals surface area contributed by atoms with Crippen molar-refractivity contribution in [2.24, 2.45) is 5.73 Å². The summed E-state index contributed by atoms with van der Waals surface area (Å²) in [5, 5.41) is 0. The Morgan fingerprint density at radius 3 is 2.86 bits per heavy atom. The summed E-state index contributed by atoms with van der Waals surface area (Å²) in [6.45, 7) is 3.83. The van der Waals surface area contributed by atoms with Crippen molar-refractivity contribution in [3.8, 4) is 0 Å². The molecule has 1 aliphatic rings. The van der Waals surface area contributed by atoms with E-state index in [4.69, 9.17) is 5.73 Å². The fourth-order valence-corrected chi connectivity index (χ4v) is 4.87. The van der Waals surface area contributed by atoms with Gasteiger partial charge in [-0.05, 0) is 39.2 Å². The largest absolute Gasteiger partial charge is 0.330 e. The third-order valence-corrected chi connectivity index (χ3v) is 6.84. The molecule has 120 valence electrons. The van der Waals surface area contributed by atoms with E-state index in [1.165, 1.54) is 11.3 Å². The van der Waals surface area contributed by atoms with Gasteiger partial charge in [0.15, 0.2) is 0 Å². The topological polar surface area (TPSA) is 78.7 Å². The molecule has 0 bridgehead atoms. The highest BCUT2D eigenvalue weighted by molar-refractivity contribution is 7.91. The molecule has 0 amide bonds. The average Bonchev–Trinajstić information content (AvgIpc) is 2.90. The lowest BCUT2D eigenvalue weighted by Gasteiger charge is -2.37. The van der Waals surface area contributed by atoms with E-state index in [0.717, 1.165) is 30.9 Å². The molecule has 2 rings (SSSR count). The first-order chi connectivity index (χ1) is 9.92. The Morgan fingerprint density at radius 2 is 2.14 bits per heavy atom. The molecule has 6 nitrogen and oxygen atoms in total. The van der Waals surface area contributed by atoms with Crippen LogP contribution < -0.4 is 10.5 Å². The van der Waals surface area contributed by atoms with Crippen LogP contribution in [-0.4, -0.2) is 71.1 Å². The molecule has 1 atom stereocenters. The van der Waals surface area contributed by atoms with Gasteiger partial charge in [0, 0.05) is 37.1 Å². The van der Waals surface area contributed by atoms with Crippen molar-refractivity contribution in [1.29, 1.82) is 0 Å². The zero-order valence-electron chi connectivity index (χ0n) is 12.6. The number of nitrogens with two attached hydrogens (primary N) is 1. The van der Waals surface area contributed by atoms with Gasteiger partial charge in [0.25, 0.3) is 0 Å². The second-order valence-electron chi connectivity index (χ2n) is 5.51. The maximum atomic E-state index is 12.3. The van der Waals surface area contributed by atoms with Crippen LogP contribution in [0.15, 0.2) is 16.3 Å². The normalized spacial score (nSPS) is 21.8. The summed E-state index contributed by atoms with van der Waals surface area (Å²) in [5.41, 5.74) is 5.49. The molecule has 1 fully saturated rings. The second kappa shape index (κ2) is 7.17. The standard InChI is InChI=1S/C13H24N4O2S2/c1-16-7-8-17(2)11(10-16)9-15-21(18,19)13-4-3-12(20-13)5-6-14/h3-4,11,15H,5-10,14H2,1-2H3. The zero-order valence-corrected chi connectivity index (χ0v) is 14.2. The first-order valence-corrected chi connectivity index (χ1v) is 9.39. The predicted molar refractivity (Wildman–Crippen MR) is 86.2 cm³/mol. The van der Waals surface area contributed by atoms with Crippen molar-refractivity contribution in [1.82, 2.24) is 14.5 Å². The fraction of sp³-hybridized carbons (Fsp3) is 0.692. The highest BCUT2D eigenvalue weighted by atomic mass is 32.2. The average molecular weight is 332 g/mol. The summed E-state index contributed by atoms with van der Waals surface area (Å²) in [6, 6.07) is 3.71. The van der Waals surface area contributed by atoms with Crippen LogP contribution in [0.25, 0.3) is 0 Å². The smallest absolute Gasteiger partial charge is 0.250 e. The van der Waals surface area contributed by atoms with Gasteiger partial charge in [0.05, 0.1) is 0 Å². The van der Waals surface area contributed by atoms with E-state index in [9.17, 15) is 8.42 Å². The number of hydrogen-bond acceptors (Lipinski definition) is 6. The molecule has 21 heavy (non-hydrogen) atoms. The molecule has 0 saturated carbocycles. The van der Waals surface area contributed by atoms with Gasteiger partial charge in [-0.2, -0.15) is 0 Å². The van der Waals surface area contributed by atoms with E-state index in [1.54, 1.807) is 6.07 Å². The number of likely N-dealkylation sites (N-methyl/N-ethyl adjacent to an activating group) is 2. The Morgan fingerprint density at radius 1 is 1.38 bits per heavy atom. The van der Waals surface area contributed by atoms with Crippen molar-refractivity contribution >= 4 is 21.4 Å². The quantitative estimate of drug-likeness (QED) is 0.753. The Kier molecular flexibility index (Phi) is 5.75. The summed E-state index contributed by atoms with van der Waals surface area (Å²) >= 11 is 1.30. The van der Waals surface area contributed by atoms with Crippen molar-refractivity contribution in [3.05, 3.63) is 17.0 Å². The zero-order chi connectivity index (χ0) is 15.5. The monoisotopic (exact) mass is 332 g/mol. The molecule has 2 heterocycles. The van der Waals surface area contributed by atoms with Crippen LogP contribution in [0.5, 0.6) is 0 Å². The minimum atomic E-state index is -3.42. The van der Waals surface area contributed by atoms with Crippen molar-refractivity contribution < 1.29 is 8.42 Å². The summed E-state index contributed by atoms with van der Waals surface area (Å²) in [5.74, 6) is 0. The van der Waals surface area contributed by atoms with E-state index in [-0.39, 0.29) is 6.04 Å². The van der Waals surface area contributed by atoms with Crippen LogP contribution >= 0.6 is 11.3 Å². The van der Waals surface area contributed by atoms with Gasteiger partial charge >= 0.3 is 0 Å². The third kappa shape index (κ3) is 4.48. The highest BCUT2D eigenvalue weighted by Crippen LogP contribution is 2.21. The SMILES string of the molecule is CN1CCN(C)C(CNS(=O)(=O)c2ccc(CCN)s2)C1. The number of hydrogen-bond donors (Lipinski definition) is 2. The summed E-state index contributed by atoms with van der Waals surface area (Å²) < 4.78 is 27.7. The third-order valence-electron chi connectivity index (χ3n) is 3.78. The molecule has 0 spiro atoms. The van der Waals surface area contributed by atoms with E-state index in [2.05, 4.69) is 21.6 Å². The Labute approximate surface area is 131 Å². The molecule has 3 N–H and O–H groups in total. The fourth-order valence-electron chi connectivity index (χ4n) is 2.38. The van der Waals surface area contributed by atoms with Gasteiger partial charge in [-0.15, -0.1) is 11.3 Å². The highest BCUT2D eigenvalue weighted by Gasteiger charge is 2.25. The second-order valence-corrected chi connectivity index (χ2v) is 8.67. The molecular formula is C13H24N4O2S2. The molecule has 1 unspecified atom stereocenters. The Hall–Kier alpha value is -0.510. The van der Waals surface area contributed by atoms with Gasteiger partial charge in [-0.1, -0.05) is 0 Å². The number of nitrogens with one attached hydrogen (secondary N) is 1. The maximum absolute atomic E-state index is 12.3. The van der Waals surface area contributed by atoms with Crippen LogP contribution in [0.4, 0.5) is 0 Å². The lowest BCUT2D eigenvalue weighted by atomic mass is 10.2. The van der Waals surface area contributed by atoms with E-state index < -0.39 is 10.0 Å². The van der Waals surface area contributed by atoms with Gasteiger partial charge in [-0.25, -0.2) is 13.1 Å². The number of nitrogens with zero attached hydrogens (tertiary/aromatic N) is 2. The van der Waals surface area contributed by atoms with Crippen molar-refractivity contribution in [3.63, 3.8) is 0 Å². The molecular weight excluding hydrogens is 308 g/mol.